The fourth-order valence-electron chi connectivity index (χ4n) is 3.87. The molecule has 2 N–H and O–H groups in total. The highest BCUT2D eigenvalue weighted by molar-refractivity contribution is 7.99. The van der Waals surface area contributed by atoms with Crippen molar-refractivity contribution in [2.24, 2.45) is 5.73 Å². The summed E-state index contributed by atoms with van der Waals surface area (Å²) in [5.41, 5.74) is 8.30. The highest BCUT2D eigenvalue weighted by Crippen LogP contribution is 2.36. The molecule has 0 radical (unpaired) electrons. The number of aromatic nitrogens is 4. The van der Waals surface area contributed by atoms with E-state index in [0.29, 0.717) is 10.9 Å². The van der Waals surface area contributed by atoms with Gasteiger partial charge < -0.3 is 5.73 Å². The Balaban J connectivity index is 1.88. The number of amides is 1. The lowest BCUT2D eigenvalue weighted by Crippen LogP contribution is -2.22. The summed E-state index contributed by atoms with van der Waals surface area (Å²) in [4.78, 5) is 27.1. The van der Waals surface area contributed by atoms with E-state index in [0.717, 1.165) is 52.7 Å². The van der Waals surface area contributed by atoms with Crippen LogP contribution in [0.15, 0.2) is 34.2 Å². The molecule has 1 aliphatic rings. The second-order valence-corrected chi connectivity index (χ2v) is 9.27. The van der Waals surface area contributed by atoms with Gasteiger partial charge in [-0.3, -0.25) is 9.59 Å². The van der Waals surface area contributed by atoms with E-state index >= 15 is 0 Å². The molecule has 0 unspecified atom stereocenters. The SMILES string of the molecule is Cc1ccc(-n2c(=O)c3c4c(sc3n3c(SCC(N)=O)nnc23)CCCC4)cc1. The van der Waals surface area contributed by atoms with Crippen molar-refractivity contribution in [2.45, 2.75) is 37.8 Å². The fraction of sp³-hybridized carbons (Fsp3) is 0.300. The molecule has 148 valence electrons. The summed E-state index contributed by atoms with van der Waals surface area (Å²) in [6.07, 6.45) is 4.13. The Bertz CT molecular complexity index is 1320. The van der Waals surface area contributed by atoms with Crippen LogP contribution in [0.4, 0.5) is 0 Å². The van der Waals surface area contributed by atoms with Gasteiger partial charge in [0.2, 0.25) is 11.7 Å². The van der Waals surface area contributed by atoms with Crippen molar-refractivity contribution in [3.8, 4) is 5.69 Å². The van der Waals surface area contributed by atoms with Crippen LogP contribution in [-0.2, 0) is 17.6 Å². The number of thioether (sulfide) groups is 1. The monoisotopic (exact) mass is 425 g/mol. The van der Waals surface area contributed by atoms with Crippen LogP contribution in [0.25, 0.3) is 21.7 Å². The van der Waals surface area contributed by atoms with E-state index in [1.54, 1.807) is 15.9 Å². The smallest absolute Gasteiger partial charge is 0.268 e. The second-order valence-electron chi connectivity index (χ2n) is 7.24. The van der Waals surface area contributed by atoms with Crippen LogP contribution < -0.4 is 11.3 Å². The zero-order valence-electron chi connectivity index (χ0n) is 15.8. The maximum atomic E-state index is 13.6. The molecular weight excluding hydrogens is 406 g/mol. The van der Waals surface area contributed by atoms with Crippen LogP contribution in [0.2, 0.25) is 0 Å². The third-order valence-electron chi connectivity index (χ3n) is 5.22. The number of fused-ring (bicyclic) bond motifs is 5. The molecular formula is C20H19N5O2S2. The molecule has 0 saturated heterocycles. The number of aryl methyl sites for hydroxylation is 3. The molecule has 1 aliphatic carbocycles. The lowest BCUT2D eigenvalue weighted by atomic mass is 9.97. The van der Waals surface area contributed by atoms with Crippen LogP contribution in [0.1, 0.15) is 28.8 Å². The second kappa shape index (κ2) is 7.00. The molecule has 1 aromatic carbocycles. The van der Waals surface area contributed by atoms with E-state index in [1.807, 2.05) is 35.6 Å². The van der Waals surface area contributed by atoms with Gasteiger partial charge in [0, 0.05) is 4.88 Å². The molecule has 3 heterocycles. The zero-order chi connectivity index (χ0) is 20.1. The molecule has 0 spiro atoms. The van der Waals surface area contributed by atoms with Gasteiger partial charge in [0.05, 0.1) is 16.8 Å². The van der Waals surface area contributed by atoms with Crippen molar-refractivity contribution in [3.63, 3.8) is 0 Å². The first-order valence-corrected chi connectivity index (χ1v) is 11.3. The first-order chi connectivity index (χ1) is 14.0. The summed E-state index contributed by atoms with van der Waals surface area (Å²) in [6, 6.07) is 7.80. The minimum absolute atomic E-state index is 0.0606. The van der Waals surface area contributed by atoms with Crippen molar-refractivity contribution in [2.75, 3.05) is 5.75 Å². The average molecular weight is 426 g/mol. The molecule has 9 heteroatoms. The minimum Gasteiger partial charge on any atom is -0.369 e. The Morgan fingerprint density at radius 2 is 1.97 bits per heavy atom. The first-order valence-electron chi connectivity index (χ1n) is 9.47. The molecule has 0 saturated carbocycles. The lowest BCUT2D eigenvalue weighted by Gasteiger charge is -2.12. The third-order valence-corrected chi connectivity index (χ3v) is 7.45. The first kappa shape index (κ1) is 18.4. The van der Waals surface area contributed by atoms with Gasteiger partial charge in [-0.25, -0.2) is 8.97 Å². The van der Waals surface area contributed by atoms with Gasteiger partial charge in [-0.2, -0.15) is 0 Å². The molecule has 4 aromatic rings. The van der Waals surface area contributed by atoms with Crippen molar-refractivity contribution in [1.29, 1.82) is 0 Å². The number of carbonyl (C=O) groups excluding carboxylic acids is 1. The maximum Gasteiger partial charge on any atom is 0.268 e. The minimum atomic E-state index is -0.416. The maximum absolute atomic E-state index is 13.6. The van der Waals surface area contributed by atoms with Crippen LogP contribution >= 0.6 is 23.1 Å². The summed E-state index contributed by atoms with van der Waals surface area (Å²) in [6.45, 7) is 2.01. The molecule has 5 rings (SSSR count). The number of primary amides is 1. The Morgan fingerprint density at radius 1 is 1.21 bits per heavy atom. The summed E-state index contributed by atoms with van der Waals surface area (Å²) in [5, 5.41) is 9.93. The predicted molar refractivity (Wildman–Crippen MR) is 115 cm³/mol. The van der Waals surface area contributed by atoms with Crippen molar-refractivity contribution < 1.29 is 4.79 Å². The Kier molecular flexibility index (Phi) is 4.44. The number of benzene rings is 1. The lowest BCUT2D eigenvalue weighted by molar-refractivity contribution is -0.115. The van der Waals surface area contributed by atoms with Crippen LogP contribution in [0.5, 0.6) is 0 Å². The van der Waals surface area contributed by atoms with Gasteiger partial charge >= 0.3 is 0 Å². The molecule has 3 aromatic heterocycles. The average Bonchev–Trinajstić information content (AvgIpc) is 3.29. The molecule has 29 heavy (non-hydrogen) atoms. The summed E-state index contributed by atoms with van der Waals surface area (Å²) in [5.74, 6) is 0.147. The van der Waals surface area contributed by atoms with E-state index in [9.17, 15) is 9.59 Å². The third kappa shape index (κ3) is 2.96. The topological polar surface area (TPSA) is 95.3 Å². The summed E-state index contributed by atoms with van der Waals surface area (Å²) >= 11 is 2.89. The fourth-order valence-corrected chi connectivity index (χ4v) is 5.98. The van der Waals surface area contributed by atoms with E-state index in [-0.39, 0.29) is 11.3 Å². The molecule has 0 fully saturated rings. The van der Waals surface area contributed by atoms with E-state index < -0.39 is 5.91 Å². The number of hydrogen-bond donors (Lipinski definition) is 1. The van der Waals surface area contributed by atoms with Crippen LogP contribution in [0, 0.1) is 6.92 Å². The van der Waals surface area contributed by atoms with Gasteiger partial charge in [-0.1, -0.05) is 29.5 Å². The Labute approximate surface area is 174 Å². The highest BCUT2D eigenvalue weighted by Gasteiger charge is 2.25. The van der Waals surface area contributed by atoms with E-state index in [2.05, 4.69) is 10.2 Å². The van der Waals surface area contributed by atoms with E-state index in [1.165, 1.54) is 16.6 Å². The van der Waals surface area contributed by atoms with E-state index in [4.69, 9.17) is 5.73 Å². The van der Waals surface area contributed by atoms with Gasteiger partial charge in [0.15, 0.2) is 5.16 Å². The quantitative estimate of drug-likeness (QED) is 0.507. The van der Waals surface area contributed by atoms with Gasteiger partial charge in [-0.05, 0) is 50.3 Å². The Morgan fingerprint density at radius 3 is 2.72 bits per heavy atom. The molecule has 0 bridgehead atoms. The predicted octanol–water partition coefficient (Wildman–Crippen LogP) is 2.86. The van der Waals surface area contributed by atoms with Gasteiger partial charge in [0.25, 0.3) is 5.56 Å². The number of thiophene rings is 1. The Hall–Kier alpha value is -2.65. The van der Waals surface area contributed by atoms with Gasteiger partial charge in [-0.15, -0.1) is 21.5 Å². The normalized spacial score (nSPS) is 13.8. The molecule has 0 atom stereocenters. The number of rotatable bonds is 4. The number of nitrogens with zero attached hydrogens (tertiary/aromatic N) is 4. The van der Waals surface area contributed by atoms with Crippen LogP contribution in [-0.4, -0.2) is 30.8 Å². The standard InChI is InChI=1S/C20H19N5O2S2/c1-11-6-8-12(9-7-11)24-17(27)16-13-4-2-3-5-14(13)29-18(16)25-19(24)22-23-20(25)28-10-15(21)26/h6-9H,2-5,10H2,1H3,(H2,21,26). The molecule has 0 aliphatic heterocycles. The largest absolute Gasteiger partial charge is 0.369 e. The number of nitrogens with two attached hydrogens (primary N) is 1. The zero-order valence-corrected chi connectivity index (χ0v) is 17.5. The van der Waals surface area contributed by atoms with Crippen LogP contribution in [0.3, 0.4) is 0 Å². The number of hydrogen-bond acceptors (Lipinski definition) is 6. The summed E-state index contributed by atoms with van der Waals surface area (Å²) < 4.78 is 3.54. The number of carbonyl (C=O) groups is 1. The summed E-state index contributed by atoms with van der Waals surface area (Å²) in [7, 11) is 0. The highest BCUT2D eigenvalue weighted by atomic mass is 32.2. The van der Waals surface area contributed by atoms with Crippen molar-refractivity contribution >= 4 is 45.0 Å². The molecule has 7 nitrogen and oxygen atoms in total. The van der Waals surface area contributed by atoms with Crippen molar-refractivity contribution in [3.05, 3.63) is 50.6 Å². The molecule has 1 amide bonds. The van der Waals surface area contributed by atoms with Gasteiger partial charge in [0.1, 0.15) is 4.83 Å². The van der Waals surface area contributed by atoms with Crippen molar-refractivity contribution in [1.82, 2.24) is 19.2 Å².